The summed E-state index contributed by atoms with van der Waals surface area (Å²) in [5.74, 6) is -2.36. The number of aromatic carboxylic acids is 1. The maximum absolute atomic E-state index is 13.8. The highest BCUT2D eigenvalue weighted by atomic mass is 16.4. The lowest BCUT2D eigenvalue weighted by Gasteiger charge is -2.45. The minimum absolute atomic E-state index is 0.179. The third-order valence-electron chi connectivity index (χ3n) is 8.34. The van der Waals surface area contributed by atoms with Gasteiger partial charge in [-0.15, -0.1) is 0 Å². The van der Waals surface area contributed by atoms with E-state index in [2.05, 4.69) is 24.3 Å². The third kappa shape index (κ3) is 4.04. The minimum atomic E-state index is -1.45. The number of amides is 1. The summed E-state index contributed by atoms with van der Waals surface area (Å²) >= 11 is 0. The summed E-state index contributed by atoms with van der Waals surface area (Å²) in [7, 11) is 0. The van der Waals surface area contributed by atoms with Crippen molar-refractivity contribution in [2.24, 2.45) is 5.92 Å². The van der Waals surface area contributed by atoms with Crippen LogP contribution in [0.2, 0.25) is 0 Å². The van der Waals surface area contributed by atoms with Crippen LogP contribution in [-0.2, 0) is 12.8 Å². The lowest BCUT2D eigenvalue weighted by Crippen LogP contribution is -2.56. The highest BCUT2D eigenvalue weighted by Gasteiger charge is 2.40. The van der Waals surface area contributed by atoms with Crippen LogP contribution in [0.5, 0.6) is 5.75 Å². The molecule has 0 saturated heterocycles. The number of rotatable bonds is 4. The van der Waals surface area contributed by atoms with Gasteiger partial charge in [0.15, 0.2) is 11.4 Å². The van der Waals surface area contributed by atoms with E-state index in [4.69, 9.17) is 0 Å². The number of fused-ring (bicyclic) bond motifs is 3. The molecule has 8 nitrogen and oxygen atoms in total. The average molecular weight is 514 g/mol. The molecular formula is C30H31N3O5. The number of carboxylic acids is 1. The Labute approximate surface area is 220 Å². The molecule has 2 heterocycles. The summed E-state index contributed by atoms with van der Waals surface area (Å²) in [6.07, 6.45) is 8.43. The lowest BCUT2D eigenvalue weighted by atomic mass is 9.89. The van der Waals surface area contributed by atoms with E-state index in [1.165, 1.54) is 28.4 Å². The molecule has 0 spiro atoms. The summed E-state index contributed by atoms with van der Waals surface area (Å²) in [6, 6.07) is 16.0. The van der Waals surface area contributed by atoms with Crippen LogP contribution in [-0.4, -0.2) is 44.9 Å². The van der Waals surface area contributed by atoms with Crippen LogP contribution in [0.25, 0.3) is 0 Å². The van der Waals surface area contributed by atoms with Crippen molar-refractivity contribution < 1.29 is 19.8 Å². The molecule has 0 radical (unpaired) electrons. The summed E-state index contributed by atoms with van der Waals surface area (Å²) in [6.45, 7) is 0.733. The maximum Gasteiger partial charge on any atom is 0.341 e. The van der Waals surface area contributed by atoms with Gasteiger partial charge in [0.1, 0.15) is 12.2 Å². The third-order valence-corrected chi connectivity index (χ3v) is 8.34. The second-order valence-electron chi connectivity index (χ2n) is 10.6. The van der Waals surface area contributed by atoms with Gasteiger partial charge in [-0.25, -0.2) is 4.79 Å². The first-order chi connectivity index (χ1) is 18.4. The van der Waals surface area contributed by atoms with E-state index < -0.39 is 28.6 Å². The van der Waals surface area contributed by atoms with Crippen LogP contribution in [0.15, 0.2) is 59.5 Å². The standard InChI is InChI=1S/C30H31N3O5/c34-27-24(30(37)38)17-32-26(28(27)35)29(36)31(16-19-8-2-1-3-9-19)18-33(32)25-22-12-6-4-10-20(22)14-15-21-11-5-7-13-23(21)25/h4-7,10-13,17,19,25,35H,1-3,8-9,14-16,18H2,(H,37,38). The quantitative estimate of drug-likeness (QED) is 0.545. The number of aryl methyl sites for hydroxylation is 2. The number of aromatic nitrogens is 1. The molecule has 2 aliphatic carbocycles. The summed E-state index contributed by atoms with van der Waals surface area (Å²) in [5.41, 5.74) is 2.68. The number of nitrogens with zero attached hydrogens (tertiary/aromatic N) is 3. The number of carboxylic acid groups (broad SMARTS) is 1. The van der Waals surface area contributed by atoms with Gasteiger partial charge in [0.2, 0.25) is 5.43 Å². The lowest BCUT2D eigenvalue weighted by molar-refractivity contribution is 0.0623. The first kappa shape index (κ1) is 24.3. The second kappa shape index (κ2) is 9.67. The Bertz CT molecular complexity index is 1430. The Kier molecular flexibility index (Phi) is 6.18. The highest BCUT2D eigenvalue weighted by Crippen LogP contribution is 2.38. The molecule has 2 aromatic carbocycles. The molecule has 196 valence electrons. The van der Waals surface area contributed by atoms with Crippen LogP contribution in [0.1, 0.15) is 81.2 Å². The average Bonchev–Trinajstić information content (AvgIpc) is 3.09. The van der Waals surface area contributed by atoms with Gasteiger partial charge in [0.25, 0.3) is 5.91 Å². The van der Waals surface area contributed by atoms with Crippen LogP contribution < -0.4 is 10.4 Å². The molecule has 1 aromatic heterocycles. The van der Waals surface area contributed by atoms with Crippen LogP contribution >= 0.6 is 0 Å². The predicted octanol–water partition coefficient (Wildman–Crippen LogP) is 4.07. The molecule has 0 atom stereocenters. The predicted molar refractivity (Wildman–Crippen MR) is 142 cm³/mol. The van der Waals surface area contributed by atoms with Gasteiger partial charge in [-0.05, 0) is 53.9 Å². The van der Waals surface area contributed by atoms with E-state index in [1.807, 2.05) is 29.3 Å². The molecule has 3 aromatic rings. The Morgan fingerprint density at radius 1 is 0.895 bits per heavy atom. The molecule has 1 aliphatic heterocycles. The van der Waals surface area contributed by atoms with Crippen molar-refractivity contribution in [3.63, 3.8) is 0 Å². The van der Waals surface area contributed by atoms with Gasteiger partial charge < -0.3 is 15.1 Å². The molecule has 1 fully saturated rings. The van der Waals surface area contributed by atoms with E-state index in [1.54, 1.807) is 4.90 Å². The molecule has 0 bridgehead atoms. The van der Waals surface area contributed by atoms with Crippen molar-refractivity contribution >= 4 is 11.9 Å². The van der Waals surface area contributed by atoms with Crippen LogP contribution in [0.4, 0.5) is 0 Å². The zero-order chi connectivity index (χ0) is 26.4. The molecule has 6 rings (SSSR count). The van der Waals surface area contributed by atoms with Gasteiger partial charge >= 0.3 is 5.97 Å². The molecule has 1 amide bonds. The fraction of sp³-hybridized carbons (Fsp3) is 0.367. The van der Waals surface area contributed by atoms with Gasteiger partial charge in [-0.1, -0.05) is 67.8 Å². The molecule has 38 heavy (non-hydrogen) atoms. The van der Waals surface area contributed by atoms with E-state index >= 15 is 0 Å². The van der Waals surface area contributed by atoms with Crippen molar-refractivity contribution in [3.05, 3.63) is 98.5 Å². The van der Waals surface area contributed by atoms with E-state index in [-0.39, 0.29) is 18.4 Å². The topological polar surface area (TPSA) is 103 Å². The van der Waals surface area contributed by atoms with E-state index in [0.29, 0.717) is 12.5 Å². The highest BCUT2D eigenvalue weighted by molar-refractivity contribution is 5.98. The fourth-order valence-electron chi connectivity index (χ4n) is 6.44. The molecule has 0 unspecified atom stereocenters. The number of aromatic hydroxyl groups is 1. The first-order valence-electron chi connectivity index (χ1n) is 13.4. The van der Waals surface area contributed by atoms with Gasteiger partial charge in [-0.2, -0.15) is 0 Å². The Balaban J connectivity index is 1.56. The van der Waals surface area contributed by atoms with Crippen molar-refractivity contribution in [3.8, 4) is 5.75 Å². The van der Waals surface area contributed by atoms with Crippen LogP contribution in [0, 0.1) is 5.92 Å². The maximum atomic E-state index is 13.8. The zero-order valence-electron chi connectivity index (χ0n) is 21.2. The van der Waals surface area contributed by atoms with Crippen molar-refractivity contribution in [1.82, 2.24) is 9.58 Å². The molecular weight excluding hydrogens is 482 g/mol. The molecule has 1 saturated carbocycles. The molecule has 3 aliphatic rings. The fourth-order valence-corrected chi connectivity index (χ4v) is 6.44. The van der Waals surface area contributed by atoms with Gasteiger partial charge in [-0.3, -0.25) is 19.3 Å². The number of pyridine rings is 1. The normalized spacial score (nSPS) is 17.9. The summed E-state index contributed by atoms with van der Waals surface area (Å²) in [4.78, 5) is 40.3. The number of carbonyl (C=O) groups excluding carboxylic acids is 1. The van der Waals surface area contributed by atoms with E-state index in [9.17, 15) is 24.6 Å². The Morgan fingerprint density at radius 2 is 1.50 bits per heavy atom. The van der Waals surface area contributed by atoms with Crippen molar-refractivity contribution in [2.75, 3.05) is 18.2 Å². The molecule has 2 N–H and O–H groups in total. The van der Waals surface area contributed by atoms with Gasteiger partial charge in [0.05, 0.1) is 6.04 Å². The summed E-state index contributed by atoms with van der Waals surface area (Å²) < 4.78 is 1.42. The number of hydrogen-bond acceptors (Lipinski definition) is 5. The number of hydrogen-bond donors (Lipinski definition) is 2. The molecule has 8 heteroatoms. The SMILES string of the molecule is O=C(O)c1cn2c(c(O)c1=O)C(=O)N(CC1CCCCC1)CN2C1c2ccccc2CCc2ccccc21. The Hall–Kier alpha value is -4.07. The van der Waals surface area contributed by atoms with Crippen molar-refractivity contribution in [1.29, 1.82) is 0 Å². The second-order valence-corrected chi connectivity index (χ2v) is 10.6. The monoisotopic (exact) mass is 513 g/mol. The van der Waals surface area contributed by atoms with Crippen molar-refractivity contribution in [2.45, 2.75) is 51.0 Å². The largest absolute Gasteiger partial charge is 0.502 e. The summed E-state index contributed by atoms with van der Waals surface area (Å²) in [5, 5.41) is 22.6. The Morgan fingerprint density at radius 3 is 2.11 bits per heavy atom. The van der Waals surface area contributed by atoms with E-state index in [0.717, 1.165) is 49.7 Å². The number of carbonyl (C=O) groups is 2. The first-order valence-corrected chi connectivity index (χ1v) is 13.4. The minimum Gasteiger partial charge on any atom is -0.502 e. The van der Waals surface area contributed by atoms with Gasteiger partial charge in [0, 0.05) is 12.7 Å². The smallest absolute Gasteiger partial charge is 0.341 e. The number of benzene rings is 2. The zero-order valence-corrected chi connectivity index (χ0v) is 21.2. The van der Waals surface area contributed by atoms with Crippen LogP contribution in [0.3, 0.4) is 0 Å².